The molecule has 0 heterocycles. The van der Waals surface area contributed by atoms with E-state index in [0.29, 0.717) is 0 Å². The van der Waals surface area contributed by atoms with Crippen LogP contribution in [0.2, 0.25) is 0 Å². The molecule has 12 heavy (non-hydrogen) atoms. The molecule has 1 aromatic carbocycles. The van der Waals surface area contributed by atoms with Gasteiger partial charge < -0.3 is 5.11 Å². The topological polar surface area (TPSA) is 37.3 Å². The quantitative estimate of drug-likeness (QED) is 0.740. The van der Waals surface area contributed by atoms with Gasteiger partial charge in [0.05, 0.1) is 6.42 Å². The van der Waals surface area contributed by atoms with Crippen LogP contribution in [-0.2, 0) is 4.79 Å². The lowest BCUT2D eigenvalue weighted by Crippen LogP contribution is -2.02. The van der Waals surface area contributed by atoms with E-state index in [9.17, 15) is 4.79 Å². The lowest BCUT2D eigenvalue weighted by molar-refractivity contribution is -0.137. The average Bonchev–Trinajstić information content (AvgIpc) is 2.05. The molecule has 0 fully saturated rings. The highest BCUT2D eigenvalue weighted by molar-refractivity contribution is 5.68. The molecule has 0 amide bonds. The zero-order valence-electron chi connectivity index (χ0n) is 6.73. The summed E-state index contributed by atoms with van der Waals surface area (Å²) in [5.74, 6) is -0.956. The minimum absolute atomic E-state index is 0.0873. The molecule has 2 nitrogen and oxygen atoms in total. The number of aliphatic carboxylic acids is 1. The zero-order chi connectivity index (χ0) is 8.97. The monoisotopic (exact) mass is 163 g/mol. The van der Waals surface area contributed by atoms with Gasteiger partial charge in [-0.1, -0.05) is 30.3 Å². The molecule has 0 saturated heterocycles. The summed E-state index contributed by atoms with van der Waals surface area (Å²) in [4.78, 5) is 10.3. The van der Waals surface area contributed by atoms with Gasteiger partial charge in [-0.05, 0) is 18.4 Å². The second-order valence-electron chi connectivity index (χ2n) is 2.71. The van der Waals surface area contributed by atoms with Gasteiger partial charge in [0, 0.05) is 0 Å². The second kappa shape index (κ2) is 3.90. The van der Waals surface area contributed by atoms with Crippen molar-refractivity contribution in [3.05, 3.63) is 42.8 Å². The molecule has 0 aliphatic heterocycles. The smallest absolute Gasteiger partial charge is 0.303 e. The summed E-state index contributed by atoms with van der Waals surface area (Å²) < 4.78 is 0. The molecule has 1 atom stereocenters. The Labute approximate surface area is 71.8 Å². The van der Waals surface area contributed by atoms with Gasteiger partial charge in [0.2, 0.25) is 0 Å². The summed E-state index contributed by atoms with van der Waals surface area (Å²) in [6, 6.07) is 9.45. The predicted octanol–water partition coefficient (Wildman–Crippen LogP) is 2.08. The molecule has 0 bridgehead atoms. The van der Waals surface area contributed by atoms with Gasteiger partial charge in [-0.2, -0.15) is 0 Å². The standard InChI is InChI=1S/C10H11O2/c1-8(7-10(11)12)9-5-3-2-4-6-9/h2-6,8H,1,7H2,(H,11,12)/t8-/m0/s1. The van der Waals surface area contributed by atoms with Crippen LogP contribution in [0.3, 0.4) is 0 Å². The fourth-order valence-corrected chi connectivity index (χ4v) is 1.05. The number of carboxylic acid groups (broad SMARTS) is 1. The molecule has 0 spiro atoms. The van der Waals surface area contributed by atoms with Crippen molar-refractivity contribution in [1.82, 2.24) is 0 Å². The maximum atomic E-state index is 10.3. The maximum absolute atomic E-state index is 10.3. The van der Waals surface area contributed by atoms with E-state index in [1.807, 2.05) is 30.3 Å². The highest BCUT2D eigenvalue weighted by atomic mass is 16.4. The summed E-state index contributed by atoms with van der Waals surface area (Å²) in [7, 11) is 0. The average molecular weight is 163 g/mol. The molecule has 0 unspecified atom stereocenters. The Morgan fingerprint density at radius 3 is 2.50 bits per heavy atom. The molecule has 0 aromatic heterocycles. The molecule has 0 saturated carbocycles. The van der Waals surface area contributed by atoms with Crippen LogP contribution in [0.4, 0.5) is 0 Å². The Kier molecular flexibility index (Phi) is 2.86. The Balaban J connectivity index is 2.65. The number of hydrogen-bond donors (Lipinski definition) is 1. The molecule has 1 rings (SSSR count). The third-order valence-corrected chi connectivity index (χ3v) is 1.69. The van der Waals surface area contributed by atoms with Crippen LogP contribution in [0.1, 0.15) is 17.9 Å². The zero-order valence-corrected chi connectivity index (χ0v) is 6.73. The van der Waals surface area contributed by atoms with Crippen LogP contribution in [-0.4, -0.2) is 11.1 Å². The first-order valence-electron chi connectivity index (χ1n) is 3.80. The van der Waals surface area contributed by atoms with Crippen molar-refractivity contribution < 1.29 is 9.90 Å². The number of rotatable bonds is 3. The Bertz CT molecular complexity index is 254. The molecule has 1 aromatic rings. The van der Waals surface area contributed by atoms with Crippen molar-refractivity contribution in [3.8, 4) is 0 Å². The number of benzene rings is 1. The normalized spacial score (nSPS) is 12.4. The summed E-state index contributed by atoms with van der Waals surface area (Å²) in [6.07, 6.45) is 0.0873. The van der Waals surface area contributed by atoms with Crippen LogP contribution in [0.5, 0.6) is 0 Å². The third kappa shape index (κ3) is 2.38. The van der Waals surface area contributed by atoms with Crippen LogP contribution in [0.15, 0.2) is 30.3 Å². The van der Waals surface area contributed by atoms with Gasteiger partial charge in [-0.15, -0.1) is 0 Å². The highest BCUT2D eigenvalue weighted by Gasteiger charge is 2.08. The van der Waals surface area contributed by atoms with Crippen molar-refractivity contribution in [1.29, 1.82) is 0 Å². The Morgan fingerprint density at radius 1 is 1.42 bits per heavy atom. The molecule has 1 radical (unpaired) electrons. The van der Waals surface area contributed by atoms with Crippen LogP contribution < -0.4 is 0 Å². The van der Waals surface area contributed by atoms with Gasteiger partial charge in [0.15, 0.2) is 0 Å². The number of hydrogen-bond acceptors (Lipinski definition) is 1. The SMILES string of the molecule is [CH2][C@@H](CC(=O)O)c1ccccc1. The summed E-state index contributed by atoms with van der Waals surface area (Å²) in [5.41, 5.74) is 0.972. The van der Waals surface area contributed by atoms with Crippen LogP contribution in [0, 0.1) is 6.92 Å². The largest absolute Gasteiger partial charge is 0.481 e. The van der Waals surface area contributed by atoms with E-state index in [2.05, 4.69) is 6.92 Å². The van der Waals surface area contributed by atoms with Crippen molar-refractivity contribution in [2.24, 2.45) is 0 Å². The maximum Gasteiger partial charge on any atom is 0.303 e. The van der Waals surface area contributed by atoms with E-state index < -0.39 is 5.97 Å². The van der Waals surface area contributed by atoms with Gasteiger partial charge in [-0.3, -0.25) is 4.79 Å². The predicted molar refractivity (Wildman–Crippen MR) is 46.8 cm³/mol. The van der Waals surface area contributed by atoms with Crippen molar-refractivity contribution in [3.63, 3.8) is 0 Å². The Morgan fingerprint density at radius 2 is 2.00 bits per heavy atom. The minimum Gasteiger partial charge on any atom is -0.481 e. The second-order valence-corrected chi connectivity index (χ2v) is 2.71. The van der Waals surface area contributed by atoms with Crippen LogP contribution >= 0.6 is 0 Å². The molecular formula is C10H11O2. The summed E-state index contributed by atoms with van der Waals surface area (Å²) in [6.45, 7) is 3.77. The fraction of sp³-hybridized carbons (Fsp3) is 0.200. The molecule has 63 valence electrons. The van der Waals surface area contributed by atoms with Crippen LogP contribution in [0.25, 0.3) is 0 Å². The molecule has 0 aliphatic carbocycles. The first-order chi connectivity index (χ1) is 5.70. The van der Waals surface area contributed by atoms with E-state index in [1.165, 1.54) is 0 Å². The molecular weight excluding hydrogens is 152 g/mol. The van der Waals surface area contributed by atoms with E-state index in [4.69, 9.17) is 5.11 Å². The van der Waals surface area contributed by atoms with Gasteiger partial charge in [0.25, 0.3) is 0 Å². The van der Waals surface area contributed by atoms with E-state index >= 15 is 0 Å². The number of carbonyl (C=O) groups is 1. The lowest BCUT2D eigenvalue weighted by Gasteiger charge is -2.07. The highest BCUT2D eigenvalue weighted by Crippen LogP contribution is 2.17. The summed E-state index contributed by atoms with van der Waals surface area (Å²) >= 11 is 0. The first kappa shape index (κ1) is 8.78. The molecule has 2 heteroatoms. The molecule has 1 N–H and O–H groups in total. The van der Waals surface area contributed by atoms with Gasteiger partial charge >= 0.3 is 5.97 Å². The fourth-order valence-electron chi connectivity index (χ4n) is 1.05. The van der Waals surface area contributed by atoms with E-state index in [-0.39, 0.29) is 12.3 Å². The Hall–Kier alpha value is -1.31. The summed E-state index contributed by atoms with van der Waals surface area (Å²) in [5, 5.41) is 8.51. The van der Waals surface area contributed by atoms with Crippen molar-refractivity contribution >= 4 is 5.97 Å². The van der Waals surface area contributed by atoms with Gasteiger partial charge in [-0.25, -0.2) is 0 Å². The first-order valence-corrected chi connectivity index (χ1v) is 3.80. The molecule has 0 aliphatic rings. The van der Waals surface area contributed by atoms with E-state index in [1.54, 1.807) is 0 Å². The van der Waals surface area contributed by atoms with Crippen molar-refractivity contribution in [2.75, 3.05) is 0 Å². The lowest BCUT2D eigenvalue weighted by atomic mass is 9.98. The minimum atomic E-state index is -0.807. The number of carboxylic acids is 1. The van der Waals surface area contributed by atoms with Crippen molar-refractivity contribution in [2.45, 2.75) is 12.3 Å². The third-order valence-electron chi connectivity index (χ3n) is 1.69. The van der Waals surface area contributed by atoms with Gasteiger partial charge in [0.1, 0.15) is 0 Å². The van der Waals surface area contributed by atoms with E-state index in [0.717, 1.165) is 5.56 Å².